The molecule has 0 atom stereocenters. The van der Waals surface area contributed by atoms with Gasteiger partial charge in [0.15, 0.2) is 0 Å². The average molecular weight is 274 g/mol. The number of hydrogen-bond acceptors (Lipinski definition) is 6. The Kier molecular flexibility index (Phi) is 3.94. The van der Waals surface area contributed by atoms with Gasteiger partial charge in [0, 0.05) is 12.4 Å². The zero-order chi connectivity index (χ0) is 14.5. The molecule has 0 saturated carbocycles. The fourth-order valence-electron chi connectivity index (χ4n) is 1.54. The van der Waals surface area contributed by atoms with E-state index in [9.17, 15) is 14.7 Å². The summed E-state index contributed by atoms with van der Waals surface area (Å²) in [5.74, 6) is -1.66. The number of nitrogen functional groups attached to an aromatic ring is 1. The molecule has 20 heavy (non-hydrogen) atoms. The van der Waals surface area contributed by atoms with E-state index >= 15 is 0 Å². The number of rotatable bonds is 5. The first kappa shape index (κ1) is 13.5. The second kappa shape index (κ2) is 5.83. The van der Waals surface area contributed by atoms with Crippen LogP contribution in [0, 0.1) is 0 Å². The van der Waals surface area contributed by atoms with Crippen molar-refractivity contribution in [1.82, 2.24) is 14.8 Å². The maximum atomic E-state index is 11.4. The van der Waals surface area contributed by atoms with Gasteiger partial charge in [0.25, 0.3) is 5.95 Å². The molecule has 0 saturated heterocycles. The first-order valence-electron chi connectivity index (χ1n) is 5.84. The van der Waals surface area contributed by atoms with Crippen LogP contribution < -0.4 is 16.2 Å². The van der Waals surface area contributed by atoms with Crippen LogP contribution in [0.3, 0.4) is 0 Å². The quantitative estimate of drug-likeness (QED) is 0.743. The molecule has 0 radical (unpaired) electrons. The first-order valence-corrected chi connectivity index (χ1v) is 5.84. The minimum absolute atomic E-state index is 0.0229. The molecule has 3 N–H and O–H groups in total. The number of benzene rings is 1. The minimum Gasteiger partial charge on any atom is -0.550 e. The summed E-state index contributed by atoms with van der Waals surface area (Å²) in [6, 6.07) is 9.04. The molecule has 0 bridgehead atoms. The number of carboxylic acid groups (broad SMARTS) is 1. The lowest BCUT2D eigenvalue weighted by molar-refractivity contribution is -0.305. The van der Waals surface area contributed by atoms with Crippen molar-refractivity contribution < 1.29 is 14.7 Å². The summed E-state index contributed by atoms with van der Waals surface area (Å²) in [6.45, 7) is 0. The fraction of sp³-hybridized carbons (Fsp3) is 0.167. The number of nitrogens with one attached hydrogen (secondary N) is 1. The van der Waals surface area contributed by atoms with Crippen LogP contribution in [0.5, 0.6) is 0 Å². The Labute approximate surface area is 114 Å². The third-order valence-corrected chi connectivity index (χ3v) is 2.44. The molecule has 0 spiro atoms. The third-order valence-electron chi connectivity index (χ3n) is 2.44. The lowest BCUT2D eigenvalue weighted by Crippen LogP contribution is -2.24. The van der Waals surface area contributed by atoms with Crippen LogP contribution in [0.1, 0.15) is 12.8 Å². The highest BCUT2D eigenvalue weighted by molar-refractivity contribution is 5.90. The molecule has 1 amide bonds. The molecule has 2 aromatic rings. The molecule has 2 rings (SSSR count). The van der Waals surface area contributed by atoms with Gasteiger partial charge in [-0.2, -0.15) is 9.67 Å². The molecule has 8 heteroatoms. The van der Waals surface area contributed by atoms with Gasteiger partial charge in [0.05, 0.1) is 5.69 Å². The van der Waals surface area contributed by atoms with Gasteiger partial charge in [-0.1, -0.05) is 18.2 Å². The third kappa shape index (κ3) is 3.31. The first-order chi connectivity index (χ1) is 9.56. The van der Waals surface area contributed by atoms with Crippen LogP contribution in [0.25, 0.3) is 5.69 Å². The van der Waals surface area contributed by atoms with Crippen LogP contribution in [0.15, 0.2) is 30.3 Å². The molecular formula is C12H12N5O3-. The number of amides is 1. The number of carbonyl (C=O) groups is 2. The van der Waals surface area contributed by atoms with E-state index in [2.05, 4.69) is 15.4 Å². The second-order valence-electron chi connectivity index (χ2n) is 3.96. The summed E-state index contributed by atoms with van der Waals surface area (Å²) in [6.07, 6.45) is -0.567. The van der Waals surface area contributed by atoms with E-state index in [4.69, 9.17) is 5.73 Å². The van der Waals surface area contributed by atoms with E-state index in [1.807, 2.05) is 18.2 Å². The molecule has 0 unspecified atom stereocenters. The van der Waals surface area contributed by atoms with Gasteiger partial charge < -0.3 is 15.6 Å². The highest BCUT2D eigenvalue weighted by Crippen LogP contribution is 2.13. The number of anilines is 2. The van der Waals surface area contributed by atoms with Crippen molar-refractivity contribution in [2.75, 3.05) is 11.1 Å². The molecule has 0 aliphatic carbocycles. The van der Waals surface area contributed by atoms with Gasteiger partial charge in [0.2, 0.25) is 11.9 Å². The van der Waals surface area contributed by atoms with Gasteiger partial charge in [0.1, 0.15) is 0 Å². The topological polar surface area (TPSA) is 126 Å². The number of hydrogen-bond donors (Lipinski definition) is 2. The zero-order valence-electron chi connectivity index (χ0n) is 10.4. The maximum Gasteiger partial charge on any atom is 0.251 e. The van der Waals surface area contributed by atoms with E-state index in [1.165, 1.54) is 4.68 Å². The molecule has 1 aromatic heterocycles. The summed E-state index contributed by atoms with van der Waals surface area (Å²) in [4.78, 5) is 25.6. The number of carbonyl (C=O) groups excluding carboxylic acids is 2. The maximum absolute atomic E-state index is 11.4. The lowest BCUT2D eigenvalue weighted by Gasteiger charge is -2.02. The Hall–Kier alpha value is -2.90. The van der Waals surface area contributed by atoms with Gasteiger partial charge in [-0.05, 0) is 18.6 Å². The van der Waals surface area contributed by atoms with Gasteiger partial charge in [-0.25, -0.2) is 0 Å². The SMILES string of the molecule is Nc1nc(NC(=O)CCC(=O)[O-])nn1-c1ccccc1. The molecule has 0 aliphatic heterocycles. The minimum atomic E-state index is -1.29. The monoisotopic (exact) mass is 274 g/mol. The van der Waals surface area contributed by atoms with Crippen molar-refractivity contribution in [3.05, 3.63) is 30.3 Å². The Balaban J connectivity index is 2.08. The predicted octanol–water partition coefficient (Wildman–Crippen LogP) is -0.682. The van der Waals surface area contributed by atoms with Crippen molar-refractivity contribution in [2.24, 2.45) is 0 Å². The molecule has 104 valence electrons. The van der Waals surface area contributed by atoms with Crippen LogP contribution in [0.4, 0.5) is 11.9 Å². The van der Waals surface area contributed by atoms with E-state index in [0.29, 0.717) is 5.69 Å². The Morgan fingerprint density at radius 1 is 1.25 bits per heavy atom. The summed E-state index contributed by atoms with van der Waals surface area (Å²) in [7, 11) is 0. The van der Waals surface area contributed by atoms with Gasteiger partial charge in [-0.3, -0.25) is 10.1 Å². The van der Waals surface area contributed by atoms with E-state index in [-0.39, 0.29) is 24.7 Å². The van der Waals surface area contributed by atoms with E-state index in [0.717, 1.165) is 0 Å². The van der Waals surface area contributed by atoms with Crippen LogP contribution in [0.2, 0.25) is 0 Å². The average Bonchev–Trinajstić information content (AvgIpc) is 2.78. The number of aliphatic carboxylic acids is 1. The summed E-state index contributed by atoms with van der Waals surface area (Å²) in [5, 5.41) is 16.7. The number of carboxylic acids is 1. The van der Waals surface area contributed by atoms with Crippen molar-refractivity contribution in [1.29, 1.82) is 0 Å². The molecular weight excluding hydrogens is 262 g/mol. The van der Waals surface area contributed by atoms with Gasteiger partial charge >= 0.3 is 0 Å². The zero-order valence-corrected chi connectivity index (χ0v) is 10.4. The largest absolute Gasteiger partial charge is 0.550 e. The molecule has 0 aliphatic rings. The number of nitrogens with zero attached hydrogens (tertiary/aromatic N) is 3. The van der Waals surface area contributed by atoms with Crippen molar-refractivity contribution >= 4 is 23.8 Å². The summed E-state index contributed by atoms with van der Waals surface area (Å²) < 4.78 is 1.37. The van der Waals surface area contributed by atoms with Crippen molar-refractivity contribution in [2.45, 2.75) is 12.8 Å². The number of nitrogens with two attached hydrogens (primary N) is 1. The molecule has 1 heterocycles. The van der Waals surface area contributed by atoms with Crippen molar-refractivity contribution in [3.8, 4) is 5.69 Å². The number of para-hydroxylation sites is 1. The van der Waals surface area contributed by atoms with E-state index in [1.54, 1.807) is 12.1 Å². The van der Waals surface area contributed by atoms with Crippen LogP contribution in [-0.4, -0.2) is 26.6 Å². The molecule has 8 nitrogen and oxygen atoms in total. The normalized spacial score (nSPS) is 10.2. The molecule has 1 aromatic carbocycles. The molecule has 0 fully saturated rings. The number of aromatic nitrogens is 3. The highest BCUT2D eigenvalue weighted by atomic mass is 16.4. The Morgan fingerprint density at radius 3 is 2.60 bits per heavy atom. The van der Waals surface area contributed by atoms with Crippen LogP contribution in [-0.2, 0) is 9.59 Å². The van der Waals surface area contributed by atoms with Crippen LogP contribution >= 0.6 is 0 Å². The second-order valence-corrected chi connectivity index (χ2v) is 3.96. The Morgan fingerprint density at radius 2 is 1.95 bits per heavy atom. The smallest absolute Gasteiger partial charge is 0.251 e. The van der Waals surface area contributed by atoms with E-state index < -0.39 is 11.9 Å². The summed E-state index contributed by atoms with van der Waals surface area (Å²) in [5.41, 5.74) is 6.41. The van der Waals surface area contributed by atoms with Crippen molar-refractivity contribution in [3.63, 3.8) is 0 Å². The lowest BCUT2D eigenvalue weighted by atomic mass is 10.3. The predicted molar refractivity (Wildman–Crippen MR) is 68.6 cm³/mol. The summed E-state index contributed by atoms with van der Waals surface area (Å²) >= 11 is 0. The standard InChI is InChI=1S/C12H13N5O3/c13-11-15-12(14-9(18)6-7-10(19)20)16-17(11)8-4-2-1-3-5-8/h1-5H,6-7H2,(H,19,20)(H3,13,14,15,16,18)/p-1. The Bertz CT molecular complexity index is 623. The highest BCUT2D eigenvalue weighted by Gasteiger charge is 2.11. The van der Waals surface area contributed by atoms with Gasteiger partial charge in [-0.15, -0.1) is 5.10 Å². The fourth-order valence-corrected chi connectivity index (χ4v) is 1.54.